The van der Waals surface area contributed by atoms with Crippen LogP contribution in [0.4, 0.5) is 5.69 Å². The van der Waals surface area contributed by atoms with Gasteiger partial charge in [-0.3, -0.25) is 10.1 Å². The molecule has 5 nitrogen and oxygen atoms in total. The number of methoxy groups -OCH3 is 1. The van der Waals surface area contributed by atoms with E-state index in [2.05, 4.69) is 11.4 Å². The minimum absolute atomic E-state index is 0.145. The number of hydrogen-bond donors (Lipinski definition) is 1. The second kappa shape index (κ2) is 6.85. The van der Waals surface area contributed by atoms with Crippen LogP contribution in [0.15, 0.2) is 42.5 Å². The van der Waals surface area contributed by atoms with E-state index in [4.69, 9.17) is 4.74 Å². The van der Waals surface area contributed by atoms with Gasteiger partial charge in [-0.05, 0) is 30.2 Å². The molecule has 0 heterocycles. The van der Waals surface area contributed by atoms with Crippen molar-refractivity contribution in [2.24, 2.45) is 0 Å². The molecule has 0 radical (unpaired) electrons. The number of nitrogens with one attached hydrogen (secondary N) is 1. The molecule has 110 valence electrons. The average molecular weight is 286 g/mol. The van der Waals surface area contributed by atoms with E-state index in [1.807, 2.05) is 19.1 Å². The number of ether oxygens (including phenoxy) is 1. The molecule has 1 N–H and O–H groups in total. The molecule has 0 aliphatic carbocycles. The van der Waals surface area contributed by atoms with Crippen molar-refractivity contribution >= 4 is 5.69 Å². The summed E-state index contributed by atoms with van der Waals surface area (Å²) in [6.45, 7) is 3.09. The maximum absolute atomic E-state index is 10.9. The van der Waals surface area contributed by atoms with Crippen molar-refractivity contribution in [3.05, 3.63) is 69.3 Å². The zero-order valence-electron chi connectivity index (χ0n) is 12.1. The van der Waals surface area contributed by atoms with Gasteiger partial charge in [0.25, 0.3) is 5.69 Å². The van der Waals surface area contributed by atoms with E-state index >= 15 is 0 Å². The van der Waals surface area contributed by atoms with Crippen LogP contribution in [0, 0.1) is 17.0 Å². The Hall–Kier alpha value is -2.40. The molecule has 0 atom stereocenters. The lowest BCUT2D eigenvalue weighted by Crippen LogP contribution is -2.14. The summed E-state index contributed by atoms with van der Waals surface area (Å²) in [4.78, 5) is 10.6. The molecule has 0 unspecified atom stereocenters. The third kappa shape index (κ3) is 4.03. The Labute approximate surface area is 123 Å². The molecular weight excluding hydrogens is 268 g/mol. The van der Waals surface area contributed by atoms with Crippen molar-refractivity contribution in [1.29, 1.82) is 0 Å². The third-order valence-electron chi connectivity index (χ3n) is 3.18. The first-order valence-electron chi connectivity index (χ1n) is 6.67. The second-order valence-corrected chi connectivity index (χ2v) is 4.85. The van der Waals surface area contributed by atoms with Crippen molar-refractivity contribution in [3.8, 4) is 5.75 Å². The molecule has 0 fully saturated rings. The average Bonchev–Trinajstić information content (AvgIpc) is 2.47. The van der Waals surface area contributed by atoms with Gasteiger partial charge in [0.15, 0.2) is 0 Å². The summed E-state index contributed by atoms with van der Waals surface area (Å²) in [5.41, 5.74) is 3.04. The predicted molar refractivity (Wildman–Crippen MR) is 81.4 cm³/mol. The lowest BCUT2D eigenvalue weighted by atomic mass is 10.1. The Kier molecular flexibility index (Phi) is 4.90. The van der Waals surface area contributed by atoms with Crippen LogP contribution in [0.25, 0.3) is 0 Å². The molecule has 2 aromatic carbocycles. The Morgan fingerprint density at radius 2 is 1.95 bits per heavy atom. The van der Waals surface area contributed by atoms with Gasteiger partial charge in [0.2, 0.25) is 0 Å². The summed E-state index contributed by atoms with van der Waals surface area (Å²) >= 11 is 0. The molecule has 0 saturated heterocycles. The zero-order chi connectivity index (χ0) is 15.2. The standard InChI is InChI=1S/C16H18N2O3/c1-12-7-13(9-15(8-12)21-2)10-17-11-14-5-3-4-6-16(14)18(19)20/h3-9,17H,10-11H2,1-2H3. The Balaban J connectivity index is 2.02. The normalized spacial score (nSPS) is 10.4. The Morgan fingerprint density at radius 1 is 1.19 bits per heavy atom. The molecule has 0 bridgehead atoms. The fourth-order valence-corrected chi connectivity index (χ4v) is 2.22. The Morgan fingerprint density at radius 3 is 2.67 bits per heavy atom. The molecule has 0 saturated carbocycles. The minimum Gasteiger partial charge on any atom is -0.497 e. The van der Waals surface area contributed by atoms with Crippen LogP contribution >= 0.6 is 0 Å². The molecule has 0 amide bonds. The molecule has 0 aliphatic rings. The number of nitro groups is 1. The number of rotatable bonds is 6. The molecule has 2 aromatic rings. The topological polar surface area (TPSA) is 64.4 Å². The van der Waals surface area contributed by atoms with Gasteiger partial charge in [-0.1, -0.05) is 24.3 Å². The number of nitro benzene ring substituents is 1. The van der Waals surface area contributed by atoms with Crippen LogP contribution < -0.4 is 10.1 Å². The van der Waals surface area contributed by atoms with Crippen molar-refractivity contribution in [2.45, 2.75) is 20.0 Å². The summed E-state index contributed by atoms with van der Waals surface area (Å²) in [6.07, 6.45) is 0. The van der Waals surface area contributed by atoms with Crippen molar-refractivity contribution < 1.29 is 9.66 Å². The summed E-state index contributed by atoms with van der Waals surface area (Å²) in [5, 5.41) is 14.2. The van der Waals surface area contributed by atoms with E-state index < -0.39 is 0 Å². The van der Waals surface area contributed by atoms with E-state index in [9.17, 15) is 10.1 Å². The zero-order valence-corrected chi connectivity index (χ0v) is 12.1. The molecule has 21 heavy (non-hydrogen) atoms. The highest BCUT2D eigenvalue weighted by Crippen LogP contribution is 2.18. The molecular formula is C16H18N2O3. The van der Waals surface area contributed by atoms with Crippen LogP contribution in [0.5, 0.6) is 5.75 Å². The first-order chi connectivity index (χ1) is 10.1. The van der Waals surface area contributed by atoms with E-state index in [1.165, 1.54) is 6.07 Å². The van der Waals surface area contributed by atoms with Gasteiger partial charge < -0.3 is 10.1 Å². The first kappa shape index (κ1) is 15.0. The smallest absolute Gasteiger partial charge is 0.273 e. The summed E-state index contributed by atoms with van der Waals surface area (Å²) in [6, 6.07) is 12.8. The number of para-hydroxylation sites is 1. The van der Waals surface area contributed by atoms with E-state index in [-0.39, 0.29) is 10.6 Å². The summed E-state index contributed by atoms with van der Waals surface area (Å²) < 4.78 is 5.23. The van der Waals surface area contributed by atoms with Crippen LogP contribution in [0.3, 0.4) is 0 Å². The van der Waals surface area contributed by atoms with Crippen LogP contribution in [-0.4, -0.2) is 12.0 Å². The minimum atomic E-state index is -0.354. The number of benzene rings is 2. The third-order valence-corrected chi connectivity index (χ3v) is 3.18. The molecule has 5 heteroatoms. The van der Waals surface area contributed by atoms with Crippen molar-refractivity contribution in [3.63, 3.8) is 0 Å². The maximum atomic E-state index is 10.9. The van der Waals surface area contributed by atoms with E-state index in [0.717, 1.165) is 16.9 Å². The Bertz CT molecular complexity index is 641. The highest BCUT2D eigenvalue weighted by atomic mass is 16.6. The van der Waals surface area contributed by atoms with Crippen molar-refractivity contribution in [2.75, 3.05) is 7.11 Å². The van der Waals surface area contributed by atoms with Crippen LogP contribution in [0.1, 0.15) is 16.7 Å². The number of aryl methyl sites for hydroxylation is 1. The fourth-order valence-electron chi connectivity index (χ4n) is 2.22. The van der Waals surface area contributed by atoms with Gasteiger partial charge in [0, 0.05) is 24.7 Å². The second-order valence-electron chi connectivity index (χ2n) is 4.85. The quantitative estimate of drug-likeness (QED) is 0.654. The van der Waals surface area contributed by atoms with E-state index in [0.29, 0.717) is 18.7 Å². The monoisotopic (exact) mass is 286 g/mol. The van der Waals surface area contributed by atoms with Gasteiger partial charge in [-0.2, -0.15) is 0 Å². The molecule has 0 aromatic heterocycles. The lowest BCUT2D eigenvalue weighted by Gasteiger charge is -2.08. The van der Waals surface area contributed by atoms with Gasteiger partial charge in [0.1, 0.15) is 5.75 Å². The summed E-state index contributed by atoms with van der Waals surface area (Å²) in [7, 11) is 1.64. The molecule has 2 rings (SSSR count). The lowest BCUT2D eigenvalue weighted by molar-refractivity contribution is -0.385. The van der Waals surface area contributed by atoms with E-state index in [1.54, 1.807) is 25.3 Å². The van der Waals surface area contributed by atoms with Gasteiger partial charge >= 0.3 is 0 Å². The summed E-state index contributed by atoms with van der Waals surface area (Å²) in [5.74, 6) is 0.817. The fraction of sp³-hybridized carbons (Fsp3) is 0.250. The van der Waals surface area contributed by atoms with Gasteiger partial charge in [0.05, 0.1) is 12.0 Å². The number of nitrogens with zero attached hydrogens (tertiary/aromatic N) is 1. The van der Waals surface area contributed by atoms with Crippen LogP contribution in [-0.2, 0) is 13.1 Å². The largest absolute Gasteiger partial charge is 0.497 e. The maximum Gasteiger partial charge on any atom is 0.273 e. The SMILES string of the molecule is COc1cc(C)cc(CNCc2ccccc2[N+](=O)[O-])c1. The van der Waals surface area contributed by atoms with Gasteiger partial charge in [-0.15, -0.1) is 0 Å². The highest BCUT2D eigenvalue weighted by Gasteiger charge is 2.11. The predicted octanol–water partition coefficient (Wildman–Crippen LogP) is 3.20. The highest BCUT2D eigenvalue weighted by molar-refractivity contribution is 5.39. The van der Waals surface area contributed by atoms with Crippen molar-refractivity contribution in [1.82, 2.24) is 5.32 Å². The van der Waals surface area contributed by atoms with Gasteiger partial charge in [-0.25, -0.2) is 0 Å². The molecule has 0 spiro atoms. The van der Waals surface area contributed by atoms with Crippen LogP contribution in [0.2, 0.25) is 0 Å². The molecule has 0 aliphatic heterocycles. The first-order valence-corrected chi connectivity index (χ1v) is 6.67. The number of hydrogen-bond acceptors (Lipinski definition) is 4.